The van der Waals surface area contributed by atoms with E-state index in [0.29, 0.717) is 13.2 Å². The number of ether oxygens (including phenoxy) is 1. The van der Waals surface area contributed by atoms with Crippen LogP contribution in [0.4, 0.5) is 0 Å². The molecule has 0 unspecified atom stereocenters. The van der Waals surface area contributed by atoms with Crippen molar-refractivity contribution in [1.29, 1.82) is 0 Å². The molecule has 0 spiro atoms. The molecule has 2 N–H and O–H groups in total. The van der Waals surface area contributed by atoms with Gasteiger partial charge in [0.25, 0.3) is 0 Å². The van der Waals surface area contributed by atoms with Gasteiger partial charge in [0.15, 0.2) is 0 Å². The van der Waals surface area contributed by atoms with Crippen LogP contribution in [0.25, 0.3) is 0 Å². The average Bonchev–Trinajstić information content (AvgIpc) is 2.80. The molecule has 1 aromatic carbocycles. The SMILES string of the molecule is NCc1cn(CCOc2ccc(Br)cc2)cn1. The minimum absolute atomic E-state index is 0.473. The van der Waals surface area contributed by atoms with E-state index in [1.807, 2.05) is 35.0 Å². The molecule has 4 nitrogen and oxygen atoms in total. The van der Waals surface area contributed by atoms with E-state index in [1.54, 1.807) is 6.33 Å². The van der Waals surface area contributed by atoms with Crippen LogP contribution in [0.5, 0.6) is 5.75 Å². The summed E-state index contributed by atoms with van der Waals surface area (Å²) in [5.41, 5.74) is 6.38. The third kappa shape index (κ3) is 3.57. The van der Waals surface area contributed by atoms with Crippen LogP contribution in [0.3, 0.4) is 0 Å². The summed E-state index contributed by atoms with van der Waals surface area (Å²) in [6, 6.07) is 7.78. The van der Waals surface area contributed by atoms with Gasteiger partial charge in [-0.15, -0.1) is 0 Å². The zero-order valence-corrected chi connectivity index (χ0v) is 10.9. The first-order valence-electron chi connectivity index (χ1n) is 5.37. The third-order valence-corrected chi connectivity index (χ3v) is 2.86. The normalized spacial score (nSPS) is 10.5. The maximum atomic E-state index is 5.61. The largest absolute Gasteiger partial charge is 0.492 e. The summed E-state index contributed by atoms with van der Waals surface area (Å²) in [7, 11) is 0. The van der Waals surface area contributed by atoms with Gasteiger partial charge in [-0.3, -0.25) is 0 Å². The Hall–Kier alpha value is -1.33. The van der Waals surface area contributed by atoms with Crippen molar-refractivity contribution < 1.29 is 4.74 Å². The van der Waals surface area contributed by atoms with Gasteiger partial charge in [-0.1, -0.05) is 15.9 Å². The predicted molar refractivity (Wildman–Crippen MR) is 69.8 cm³/mol. The molecule has 2 rings (SSSR count). The third-order valence-electron chi connectivity index (χ3n) is 2.33. The lowest BCUT2D eigenvalue weighted by Gasteiger charge is -2.06. The molecule has 0 bridgehead atoms. The maximum absolute atomic E-state index is 5.61. The fourth-order valence-corrected chi connectivity index (χ4v) is 1.70. The van der Waals surface area contributed by atoms with E-state index >= 15 is 0 Å². The Bertz CT molecular complexity index is 467. The van der Waals surface area contributed by atoms with Crippen LogP contribution in [0.15, 0.2) is 41.3 Å². The first kappa shape index (κ1) is 12.1. The van der Waals surface area contributed by atoms with Crippen LogP contribution < -0.4 is 10.5 Å². The van der Waals surface area contributed by atoms with E-state index in [9.17, 15) is 0 Å². The van der Waals surface area contributed by atoms with Crippen molar-refractivity contribution in [1.82, 2.24) is 9.55 Å². The van der Waals surface area contributed by atoms with Gasteiger partial charge in [0.2, 0.25) is 0 Å². The lowest BCUT2D eigenvalue weighted by Crippen LogP contribution is -2.06. The summed E-state index contributed by atoms with van der Waals surface area (Å²) in [5.74, 6) is 0.868. The second-order valence-electron chi connectivity index (χ2n) is 3.61. The first-order chi connectivity index (χ1) is 8.28. The van der Waals surface area contributed by atoms with Gasteiger partial charge in [-0.25, -0.2) is 4.98 Å². The Morgan fingerprint density at radius 1 is 1.29 bits per heavy atom. The van der Waals surface area contributed by atoms with E-state index in [0.717, 1.165) is 22.5 Å². The molecule has 0 radical (unpaired) electrons. The second kappa shape index (κ2) is 5.84. The fourth-order valence-electron chi connectivity index (χ4n) is 1.43. The Balaban J connectivity index is 1.81. The standard InChI is InChI=1S/C12H14BrN3O/c13-10-1-3-12(4-2-10)17-6-5-16-8-11(7-14)15-9-16/h1-4,8-9H,5-7,14H2. The molecule has 1 aromatic heterocycles. The zero-order chi connectivity index (χ0) is 12.1. The molecular weight excluding hydrogens is 282 g/mol. The second-order valence-corrected chi connectivity index (χ2v) is 4.53. The first-order valence-corrected chi connectivity index (χ1v) is 6.16. The molecule has 0 aliphatic carbocycles. The quantitative estimate of drug-likeness (QED) is 0.920. The summed E-state index contributed by atoms with van der Waals surface area (Å²) < 4.78 is 8.63. The highest BCUT2D eigenvalue weighted by Crippen LogP contribution is 2.15. The number of nitrogens with zero attached hydrogens (tertiary/aromatic N) is 2. The lowest BCUT2D eigenvalue weighted by molar-refractivity contribution is 0.298. The Morgan fingerprint density at radius 2 is 2.06 bits per heavy atom. The number of rotatable bonds is 5. The van der Waals surface area contributed by atoms with E-state index in [-0.39, 0.29) is 0 Å². The fraction of sp³-hybridized carbons (Fsp3) is 0.250. The Labute approximate surface area is 109 Å². The number of benzene rings is 1. The van der Waals surface area contributed by atoms with Crippen molar-refractivity contribution >= 4 is 15.9 Å². The molecule has 17 heavy (non-hydrogen) atoms. The maximum Gasteiger partial charge on any atom is 0.119 e. The Kier molecular flexibility index (Phi) is 4.17. The lowest BCUT2D eigenvalue weighted by atomic mass is 10.3. The van der Waals surface area contributed by atoms with Gasteiger partial charge in [0.1, 0.15) is 12.4 Å². The van der Waals surface area contributed by atoms with Crippen LogP contribution in [-0.2, 0) is 13.1 Å². The minimum atomic E-state index is 0.473. The predicted octanol–water partition coefficient (Wildman–Crippen LogP) is 2.18. The van der Waals surface area contributed by atoms with E-state index in [4.69, 9.17) is 10.5 Å². The molecule has 5 heteroatoms. The highest BCUT2D eigenvalue weighted by Gasteiger charge is 1.97. The van der Waals surface area contributed by atoms with Gasteiger partial charge in [0, 0.05) is 17.2 Å². The molecule has 1 heterocycles. The van der Waals surface area contributed by atoms with E-state index in [1.165, 1.54) is 0 Å². The van der Waals surface area contributed by atoms with Gasteiger partial charge in [0.05, 0.1) is 18.6 Å². The van der Waals surface area contributed by atoms with Crippen molar-refractivity contribution in [2.24, 2.45) is 5.73 Å². The zero-order valence-electron chi connectivity index (χ0n) is 9.34. The molecule has 0 saturated carbocycles. The van der Waals surface area contributed by atoms with Gasteiger partial charge >= 0.3 is 0 Å². The van der Waals surface area contributed by atoms with Gasteiger partial charge in [-0.2, -0.15) is 0 Å². The summed E-state index contributed by atoms with van der Waals surface area (Å²) in [5, 5.41) is 0. The molecule has 0 amide bonds. The molecule has 2 aromatic rings. The van der Waals surface area contributed by atoms with Gasteiger partial charge in [-0.05, 0) is 24.3 Å². The number of nitrogens with two attached hydrogens (primary N) is 1. The van der Waals surface area contributed by atoms with Crippen LogP contribution in [0.2, 0.25) is 0 Å². The average molecular weight is 296 g/mol. The molecule has 0 aliphatic heterocycles. The highest BCUT2D eigenvalue weighted by molar-refractivity contribution is 9.10. The monoisotopic (exact) mass is 295 g/mol. The molecule has 0 aliphatic rings. The van der Waals surface area contributed by atoms with E-state index in [2.05, 4.69) is 20.9 Å². The van der Waals surface area contributed by atoms with Crippen LogP contribution >= 0.6 is 15.9 Å². The molecule has 90 valence electrons. The molecule has 0 atom stereocenters. The van der Waals surface area contributed by atoms with Crippen molar-refractivity contribution in [3.05, 3.63) is 47.0 Å². The summed E-state index contributed by atoms with van der Waals surface area (Å²) in [4.78, 5) is 4.15. The minimum Gasteiger partial charge on any atom is -0.492 e. The smallest absolute Gasteiger partial charge is 0.119 e. The molecule has 0 saturated heterocycles. The van der Waals surface area contributed by atoms with Crippen molar-refractivity contribution in [3.8, 4) is 5.75 Å². The Morgan fingerprint density at radius 3 is 2.71 bits per heavy atom. The van der Waals surface area contributed by atoms with Gasteiger partial charge < -0.3 is 15.0 Å². The van der Waals surface area contributed by atoms with Crippen LogP contribution in [0, 0.1) is 0 Å². The number of hydrogen-bond donors (Lipinski definition) is 1. The molecular formula is C12H14BrN3O. The van der Waals surface area contributed by atoms with Crippen LogP contribution in [-0.4, -0.2) is 16.2 Å². The van der Waals surface area contributed by atoms with E-state index < -0.39 is 0 Å². The number of imidazole rings is 1. The van der Waals surface area contributed by atoms with Crippen molar-refractivity contribution in [3.63, 3.8) is 0 Å². The highest BCUT2D eigenvalue weighted by atomic mass is 79.9. The number of aromatic nitrogens is 2. The number of halogens is 1. The summed E-state index contributed by atoms with van der Waals surface area (Å²) in [6.45, 7) is 1.85. The summed E-state index contributed by atoms with van der Waals surface area (Å²) in [6.07, 6.45) is 3.71. The molecule has 0 fully saturated rings. The van der Waals surface area contributed by atoms with Crippen molar-refractivity contribution in [2.75, 3.05) is 6.61 Å². The topological polar surface area (TPSA) is 53.1 Å². The van der Waals surface area contributed by atoms with Crippen LogP contribution in [0.1, 0.15) is 5.69 Å². The summed E-state index contributed by atoms with van der Waals surface area (Å²) >= 11 is 3.38. The van der Waals surface area contributed by atoms with Crippen molar-refractivity contribution in [2.45, 2.75) is 13.1 Å². The number of hydrogen-bond acceptors (Lipinski definition) is 3.